The number of phenolic OH excluding ortho intramolecular Hbond substituents is 1. The molecule has 0 aliphatic carbocycles. The van der Waals surface area contributed by atoms with Crippen LogP contribution in [0.2, 0.25) is 0 Å². The Labute approximate surface area is 125 Å². The van der Waals surface area contributed by atoms with E-state index >= 15 is 0 Å². The minimum Gasteiger partial charge on any atom is -0.507 e. The fourth-order valence-corrected chi connectivity index (χ4v) is 1.56. The Kier molecular flexibility index (Phi) is 4.81. The minimum absolute atomic E-state index is 0.00953. The molecule has 0 unspecified atom stereocenters. The maximum Gasteiger partial charge on any atom is 0.329 e. The predicted octanol–water partition coefficient (Wildman–Crippen LogP) is 1.62. The zero-order valence-electron chi connectivity index (χ0n) is 11.3. The quantitative estimate of drug-likeness (QED) is 0.457. The molecule has 0 spiro atoms. The van der Waals surface area contributed by atoms with Crippen LogP contribution in [-0.2, 0) is 9.59 Å². The first-order chi connectivity index (χ1) is 10.6. The van der Waals surface area contributed by atoms with Crippen LogP contribution in [0.25, 0.3) is 0 Å². The second kappa shape index (κ2) is 6.98. The first-order valence-corrected chi connectivity index (χ1v) is 6.24. The van der Waals surface area contributed by atoms with Gasteiger partial charge in [0.1, 0.15) is 11.6 Å². The van der Waals surface area contributed by atoms with Gasteiger partial charge in [0, 0.05) is 11.3 Å². The molecule has 0 aliphatic rings. The van der Waals surface area contributed by atoms with E-state index in [9.17, 15) is 19.1 Å². The first kappa shape index (κ1) is 15.2. The number of halogens is 1. The third-order valence-electron chi connectivity index (χ3n) is 2.60. The standard InChI is InChI=1S/C15H12FN3O3/c16-11-5-3-6-12(8-11)18-14(21)15(22)19-17-9-10-4-1-2-7-13(10)20/h1-9,20H,(H,18,21)(H,19,22)/b17-9+. The summed E-state index contributed by atoms with van der Waals surface area (Å²) < 4.78 is 12.9. The first-order valence-electron chi connectivity index (χ1n) is 6.24. The molecule has 0 aliphatic heterocycles. The van der Waals surface area contributed by atoms with Gasteiger partial charge in [-0.25, -0.2) is 9.82 Å². The van der Waals surface area contributed by atoms with E-state index < -0.39 is 17.6 Å². The normalized spacial score (nSPS) is 10.4. The largest absolute Gasteiger partial charge is 0.507 e. The maximum atomic E-state index is 12.9. The summed E-state index contributed by atoms with van der Waals surface area (Å²) in [7, 11) is 0. The minimum atomic E-state index is -1.02. The van der Waals surface area contributed by atoms with Crippen LogP contribution >= 0.6 is 0 Å². The molecule has 2 amide bonds. The van der Waals surface area contributed by atoms with Crippen molar-refractivity contribution in [1.29, 1.82) is 0 Å². The van der Waals surface area contributed by atoms with Crippen molar-refractivity contribution in [2.45, 2.75) is 0 Å². The number of phenols is 1. The van der Waals surface area contributed by atoms with Gasteiger partial charge in [0.2, 0.25) is 0 Å². The fraction of sp³-hybridized carbons (Fsp3) is 0. The molecule has 6 nitrogen and oxygen atoms in total. The van der Waals surface area contributed by atoms with Crippen LogP contribution in [0.5, 0.6) is 5.75 Å². The number of anilines is 1. The summed E-state index contributed by atoms with van der Waals surface area (Å²) in [6, 6.07) is 11.5. The van der Waals surface area contributed by atoms with Gasteiger partial charge in [0.15, 0.2) is 0 Å². The SMILES string of the molecule is O=C(N/N=C/c1ccccc1O)C(=O)Nc1cccc(F)c1. The molecular weight excluding hydrogens is 289 g/mol. The van der Waals surface area contributed by atoms with Crippen molar-refractivity contribution in [2.24, 2.45) is 5.10 Å². The van der Waals surface area contributed by atoms with Gasteiger partial charge in [-0.15, -0.1) is 0 Å². The van der Waals surface area contributed by atoms with E-state index in [4.69, 9.17) is 0 Å². The molecule has 0 saturated carbocycles. The molecule has 112 valence electrons. The van der Waals surface area contributed by atoms with Gasteiger partial charge >= 0.3 is 11.8 Å². The molecule has 0 saturated heterocycles. The van der Waals surface area contributed by atoms with Crippen molar-refractivity contribution >= 4 is 23.7 Å². The number of amides is 2. The molecular formula is C15H12FN3O3. The number of hydrazone groups is 1. The van der Waals surface area contributed by atoms with Gasteiger partial charge in [-0.3, -0.25) is 9.59 Å². The number of rotatable bonds is 3. The molecule has 0 heterocycles. The number of carbonyl (C=O) groups is 2. The third kappa shape index (κ3) is 4.14. The number of aromatic hydroxyl groups is 1. The number of nitrogens with one attached hydrogen (secondary N) is 2. The van der Waals surface area contributed by atoms with Crippen LogP contribution in [0.1, 0.15) is 5.56 Å². The Morgan fingerprint density at radius 1 is 1.09 bits per heavy atom. The van der Waals surface area contributed by atoms with Crippen LogP contribution < -0.4 is 10.7 Å². The van der Waals surface area contributed by atoms with Gasteiger partial charge in [-0.1, -0.05) is 18.2 Å². The van der Waals surface area contributed by atoms with Gasteiger partial charge < -0.3 is 10.4 Å². The van der Waals surface area contributed by atoms with Gasteiger partial charge in [-0.2, -0.15) is 5.10 Å². The zero-order valence-corrected chi connectivity index (χ0v) is 11.3. The number of benzene rings is 2. The molecule has 7 heteroatoms. The highest BCUT2D eigenvalue weighted by molar-refractivity contribution is 6.39. The van der Waals surface area contributed by atoms with Gasteiger partial charge in [-0.05, 0) is 30.3 Å². The summed E-state index contributed by atoms with van der Waals surface area (Å²) in [6.45, 7) is 0. The van der Waals surface area contributed by atoms with E-state index in [0.717, 1.165) is 6.07 Å². The van der Waals surface area contributed by atoms with Crippen molar-refractivity contribution in [3.8, 4) is 5.75 Å². The van der Waals surface area contributed by atoms with E-state index in [1.165, 1.54) is 30.5 Å². The smallest absolute Gasteiger partial charge is 0.329 e. The molecule has 2 aromatic carbocycles. The molecule has 0 bridgehead atoms. The van der Waals surface area contributed by atoms with Crippen molar-refractivity contribution in [2.75, 3.05) is 5.32 Å². The molecule has 22 heavy (non-hydrogen) atoms. The second-order valence-corrected chi connectivity index (χ2v) is 4.22. The molecule has 0 aromatic heterocycles. The lowest BCUT2D eigenvalue weighted by Crippen LogP contribution is -2.32. The van der Waals surface area contributed by atoms with Crippen molar-refractivity contribution in [3.63, 3.8) is 0 Å². The Morgan fingerprint density at radius 2 is 1.86 bits per heavy atom. The average Bonchev–Trinajstić information content (AvgIpc) is 2.49. The zero-order chi connectivity index (χ0) is 15.9. The molecule has 0 radical (unpaired) electrons. The number of hydrogen-bond acceptors (Lipinski definition) is 4. The summed E-state index contributed by atoms with van der Waals surface area (Å²) >= 11 is 0. The van der Waals surface area contributed by atoms with Crippen molar-refractivity contribution < 1.29 is 19.1 Å². The Bertz CT molecular complexity index is 731. The van der Waals surface area contributed by atoms with Crippen LogP contribution in [0.3, 0.4) is 0 Å². The van der Waals surface area contributed by atoms with Gasteiger partial charge in [0.25, 0.3) is 0 Å². The fourth-order valence-electron chi connectivity index (χ4n) is 1.56. The highest BCUT2D eigenvalue weighted by Gasteiger charge is 2.13. The lowest BCUT2D eigenvalue weighted by atomic mass is 10.2. The summed E-state index contributed by atoms with van der Waals surface area (Å²) in [6.07, 6.45) is 1.20. The molecule has 0 atom stereocenters. The van der Waals surface area contributed by atoms with E-state index in [2.05, 4.69) is 10.4 Å². The number of para-hydroxylation sites is 1. The van der Waals surface area contributed by atoms with E-state index in [1.54, 1.807) is 18.2 Å². The monoisotopic (exact) mass is 301 g/mol. The second-order valence-electron chi connectivity index (χ2n) is 4.22. The third-order valence-corrected chi connectivity index (χ3v) is 2.60. The van der Waals surface area contributed by atoms with E-state index in [0.29, 0.717) is 5.56 Å². The average molecular weight is 301 g/mol. The summed E-state index contributed by atoms with van der Waals surface area (Å²) in [5, 5.41) is 15.3. The highest BCUT2D eigenvalue weighted by Crippen LogP contribution is 2.12. The topological polar surface area (TPSA) is 90.8 Å². The Morgan fingerprint density at radius 3 is 2.59 bits per heavy atom. The number of carbonyl (C=O) groups excluding carboxylic acids is 2. The van der Waals surface area contributed by atoms with Crippen molar-refractivity contribution in [1.82, 2.24) is 5.43 Å². The van der Waals surface area contributed by atoms with Crippen LogP contribution in [0, 0.1) is 5.82 Å². The van der Waals surface area contributed by atoms with E-state index in [-0.39, 0.29) is 11.4 Å². The summed E-state index contributed by atoms with van der Waals surface area (Å²) in [4.78, 5) is 23.1. The molecule has 0 fully saturated rings. The maximum absolute atomic E-state index is 12.9. The van der Waals surface area contributed by atoms with Crippen LogP contribution in [-0.4, -0.2) is 23.1 Å². The van der Waals surface area contributed by atoms with Crippen LogP contribution in [0.4, 0.5) is 10.1 Å². The lowest BCUT2D eigenvalue weighted by molar-refractivity contribution is -0.136. The van der Waals surface area contributed by atoms with Crippen LogP contribution in [0.15, 0.2) is 53.6 Å². The van der Waals surface area contributed by atoms with Gasteiger partial charge in [0.05, 0.1) is 6.21 Å². The molecule has 2 rings (SSSR count). The Hall–Kier alpha value is -3.22. The van der Waals surface area contributed by atoms with Crippen molar-refractivity contribution in [3.05, 3.63) is 59.9 Å². The van der Waals surface area contributed by atoms with E-state index in [1.807, 2.05) is 5.43 Å². The summed E-state index contributed by atoms with van der Waals surface area (Å²) in [5.41, 5.74) is 2.55. The summed E-state index contributed by atoms with van der Waals surface area (Å²) in [5.74, 6) is -2.54. The lowest BCUT2D eigenvalue weighted by Gasteiger charge is -2.03. The highest BCUT2D eigenvalue weighted by atomic mass is 19.1. The number of hydrogen-bond donors (Lipinski definition) is 3. The Balaban J connectivity index is 1.92. The molecule has 3 N–H and O–H groups in total. The predicted molar refractivity (Wildman–Crippen MR) is 78.9 cm³/mol. The number of nitrogens with zero attached hydrogens (tertiary/aromatic N) is 1. The molecule has 2 aromatic rings.